The van der Waals surface area contributed by atoms with Crippen LogP contribution in [0.15, 0.2) is 73.1 Å². The number of anilines is 1. The van der Waals surface area contributed by atoms with E-state index in [0.29, 0.717) is 18.6 Å². The summed E-state index contributed by atoms with van der Waals surface area (Å²) >= 11 is 0. The normalized spacial score (nSPS) is 15.2. The number of rotatable bonds is 10. The smallest absolute Gasteiger partial charge is 0.123 e. The van der Waals surface area contributed by atoms with E-state index in [4.69, 9.17) is 4.74 Å². The SMILES string of the molecule is CC(C)CCN(c1ccc(OCc2ccc(F)cc2)cc1)C1CCN(Cn2cccc2)CC1. The minimum absolute atomic E-state index is 0.222. The van der Waals surface area contributed by atoms with Gasteiger partial charge in [0.25, 0.3) is 0 Å². The molecule has 4 nitrogen and oxygen atoms in total. The molecule has 0 atom stereocenters. The summed E-state index contributed by atoms with van der Waals surface area (Å²) in [6, 6.07) is 19.7. The summed E-state index contributed by atoms with van der Waals surface area (Å²) in [5.41, 5.74) is 2.24. The van der Waals surface area contributed by atoms with Gasteiger partial charge in [0.15, 0.2) is 0 Å². The minimum Gasteiger partial charge on any atom is -0.489 e. The maximum atomic E-state index is 13.1. The number of aromatic nitrogens is 1. The molecular formula is C28H36FN3O. The van der Waals surface area contributed by atoms with E-state index in [-0.39, 0.29) is 5.82 Å². The standard InChI is InChI=1S/C28H36FN3O/c1-23(2)13-20-32(27-14-18-31(19-15-27)22-30-16-3-4-17-30)26-9-11-28(12-10-26)33-21-24-5-7-25(29)8-6-24/h3-12,16-17,23,27H,13-15,18-22H2,1-2H3. The highest BCUT2D eigenvalue weighted by molar-refractivity contribution is 5.50. The van der Waals surface area contributed by atoms with Gasteiger partial charge in [-0.3, -0.25) is 4.90 Å². The molecule has 0 aliphatic carbocycles. The first-order chi connectivity index (χ1) is 16.1. The van der Waals surface area contributed by atoms with Crippen molar-refractivity contribution in [1.82, 2.24) is 9.47 Å². The van der Waals surface area contributed by atoms with E-state index in [9.17, 15) is 4.39 Å². The molecule has 0 spiro atoms. The van der Waals surface area contributed by atoms with Gasteiger partial charge in [-0.15, -0.1) is 0 Å². The third kappa shape index (κ3) is 6.84. The van der Waals surface area contributed by atoms with Gasteiger partial charge in [0, 0.05) is 43.8 Å². The van der Waals surface area contributed by atoms with E-state index < -0.39 is 0 Å². The van der Waals surface area contributed by atoms with Crippen molar-refractivity contribution < 1.29 is 9.13 Å². The van der Waals surface area contributed by atoms with Gasteiger partial charge in [-0.05, 0) is 79.3 Å². The molecule has 0 unspecified atom stereocenters. The zero-order chi connectivity index (χ0) is 23.0. The zero-order valence-corrected chi connectivity index (χ0v) is 19.9. The van der Waals surface area contributed by atoms with E-state index in [2.05, 4.69) is 77.0 Å². The molecule has 3 aromatic rings. The van der Waals surface area contributed by atoms with Gasteiger partial charge >= 0.3 is 0 Å². The molecule has 2 heterocycles. The van der Waals surface area contributed by atoms with Crippen LogP contribution in [0.25, 0.3) is 0 Å². The van der Waals surface area contributed by atoms with Crippen molar-refractivity contribution in [2.45, 2.75) is 52.4 Å². The molecule has 1 saturated heterocycles. The monoisotopic (exact) mass is 449 g/mol. The Morgan fingerprint density at radius 1 is 0.970 bits per heavy atom. The lowest BCUT2D eigenvalue weighted by Crippen LogP contribution is -2.46. The molecule has 4 rings (SSSR count). The Morgan fingerprint density at radius 3 is 2.27 bits per heavy atom. The second-order valence-corrected chi connectivity index (χ2v) is 9.47. The van der Waals surface area contributed by atoms with Crippen LogP contribution in [-0.2, 0) is 13.3 Å². The van der Waals surface area contributed by atoms with Crippen LogP contribution in [0.4, 0.5) is 10.1 Å². The molecule has 0 amide bonds. The predicted molar refractivity (Wildman–Crippen MR) is 133 cm³/mol. The van der Waals surface area contributed by atoms with Crippen LogP contribution in [0.1, 0.15) is 38.7 Å². The van der Waals surface area contributed by atoms with Gasteiger partial charge in [0.05, 0.1) is 6.67 Å². The number of likely N-dealkylation sites (tertiary alicyclic amines) is 1. The first kappa shape index (κ1) is 23.4. The molecule has 0 bridgehead atoms. The van der Waals surface area contributed by atoms with Gasteiger partial charge < -0.3 is 14.2 Å². The second-order valence-electron chi connectivity index (χ2n) is 9.47. The molecule has 0 N–H and O–H groups in total. The van der Waals surface area contributed by atoms with Crippen LogP contribution in [0.5, 0.6) is 5.75 Å². The topological polar surface area (TPSA) is 20.6 Å². The molecule has 0 radical (unpaired) electrons. The van der Waals surface area contributed by atoms with Crippen LogP contribution in [-0.4, -0.2) is 35.1 Å². The summed E-state index contributed by atoms with van der Waals surface area (Å²) in [5, 5.41) is 0. The maximum Gasteiger partial charge on any atom is 0.123 e. The van der Waals surface area contributed by atoms with E-state index >= 15 is 0 Å². The van der Waals surface area contributed by atoms with Crippen molar-refractivity contribution in [2.24, 2.45) is 5.92 Å². The molecule has 1 aliphatic heterocycles. The van der Waals surface area contributed by atoms with E-state index in [1.54, 1.807) is 12.1 Å². The number of hydrogen-bond donors (Lipinski definition) is 0. The summed E-state index contributed by atoms with van der Waals surface area (Å²) in [5.74, 6) is 1.30. The molecule has 0 saturated carbocycles. The summed E-state index contributed by atoms with van der Waals surface area (Å²) in [4.78, 5) is 5.15. The Hall–Kier alpha value is -2.79. The number of piperidine rings is 1. The second kappa shape index (κ2) is 11.4. The van der Waals surface area contributed by atoms with Gasteiger partial charge in [0.1, 0.15) is 18.2 Å². The van der Waals surface area contributed by atoms with E-state index in [1.807, 2.05) is 0 Å². The molecule has 1 aromatic heterocycles. The Morgan fingerprint density at radius 2 is 1.64 bits per heavy atom. The molecule has 1 fully saturated rings. The van der Waals surface area contributed by atoms with Crippen molar-refractivity contribution in [3.8, 4) is 5.75 Å². The van der Waals surface area contributed by atoms with Crippen LogP contribution in [0.3, 0.4) is 0 Å². The van der Waals surface area contributed by atoms with Gasteiger partial charge in [0.2, 0.25) is 0 Å². The fraction of sp³-hybridized carbons (Fsp3) is 0.429. The predicted octanol–water partition coefficient (Wildman–Crippen LogP) is 6.18. The lowest BCUT2D eigenvalue weighted by atomic mass is 10.0. The molecule has 33 heavy (non-hydrogen) atoms. The lowest BCUT2D eigenvalue weighted by molar-refractivity contribution is 0.167. The van der Waals surface area contributed by atoms with Crippen LogP contribution in [0.2, 0.25) is 0 Å². The van der Waals surface area contributed by atoms with Crippen LogP contribution < -0.4 is 9.64 Å². The fourth-order valence-corrected chi connectivity index (χ4v) is 4.47. The lowest BCUT2D eigenvalue weighted by Gasteiger charge is -2.40. The number of halogens is 1. The van der Waals surface area contributed by atoms with Crippen molar-refractivity contribution in [2.75, 3.05) is 24.5 Å². The molecule has 1 aliphatic rings. The number of ether oxygens (including phenoxy) is 1. The summed E-state index contributed by atoms with van der Waals surface area (Å²) in [6.07, 6.45) is 7.83. The molecule has 2 aromatic carbocycles. The Kier molecular flexibility index (Phi) is 8.05. The highest BCUT2D eigenvalue weighted by atomic mass is 19.1. The molecular weight excluding hydrogens is 413 g/mol. The third-order valence-corrected chi connectivity index (χ3v) is 6.46. The van der Waals surface area contributed by atoms with Crippen LogP contribution in [0, 0.1) is 11.7 Å². The fourth-order valence-electron chi connectivity index (χ4n) is 4.47. The van der Waals surface area contributed by atoms with Crippen molar-refractivity contribution in [3.05, 3.63) is 84.4 Å². The Labute approximate surface area is 197 Å². The van der Waals surface area contributed by atoms with Gasteiger partial charge in [-0.1, -0.05) is 26.0 Å². The van der Waals surface area contributed by atoms with Crippen molar-refractivity contribution >= 4 is 5.69 Å². The quantitative estimate of drug-likeness (QED) is 0.369. The molecule has 5 heteroatoms. The number of hydrogen-bond acceptors (Lipinski definition) is 3. The Balaban J connectivity index is 1.36. The molecule has 176 valence electrons. The first-order valence-corrected chi connectivity index (χ1v) is 12.1. The highest BCUT2D eigenvalue weighted by Crippen LogP contribution is 2.27. The first-order valence-electron chi connectivity index (χ1n) is 12.1. The minimum atomic E-state index is -0.222. The van der Waals surface area contributed by atoms with Crippen LogP contribution >= 0.6 is 0 Å². The number of nitrogens with zero attached hydrogens (tertiary/aromatic N) is 3. The summed E-state index contributed by atoms with van der Waals surface area (Å²) < 4.78 is 21.3. The third-order valence-electron chi connectivity index (χ3n) is 6.46. The van der Waals surface area contributed by atoms with Crippen molar-refractivity contribution in [1.29, 1.82) is 0 Å². The van der Waals surface area contributed by atoms with Gasteiger partial charge in [-0.25, -0.2) is 4.39 Å². The average molecular weight is 450 g/mol. The summed E-state index contributed by atoms with van der Waals surface area (Å²) in [6.45, 7) is 9.34. The van der Waals surface area contributed by atoms with Crippen molar-refractivity contribution in [3.63, 3.8) is 0 Å². The largest absolute Gasteiger partial charge is 0.489 e. The average Bonchev–Trinajstić information content (AvgIpc) is 3.33. The van der Waals surface area contributed by atoms with Gasteiger partial charge in [-0.2, -0.15) is 0 Å². The summed E-state index contributed by atoms with van der Waals surface area (Å²) in [7, 11) is 0. The van der Waals surface area contributed by atoms with E-state index in [1.165, 1.54) is 37.1 Å². The zero-order valence-electron chi connectivity index (χ0n) is 19.9. The van der Waals surface area contributed by atoms with E-state index in [0.717, 1.165) is 37.6 Å². The highest BCUT2D eigenvalue weighted by Gasteiger charge is 2.25. The number of benzene rings is 2. The maximum absolute atomic E-state index is 13.1. The Bertz CT molecular complexity index is 946.